The van der Waals surface area contributed by atoms with Gasteiger partial charge in [-0.1, -0.05) is 18.2 Å². The number of hydrogen-bond acceptors (Lipinski definition) is 5. The Morgan fingerprint density at radius 1 is 1.12 bits per heavy atom. The molecule has 7 heteroatoms. The number of rotatable bonds is 8. The molecular weight excluding hydrogens is 413 g/mol. The predicted octanol–water partition coefficient (Wildman–Crippen LogP) is 5.53. The molecule has 1 aliphatic carbocycles. The molecule has 0 bridgehead atoms. The average molecular weight is 439 g/mol. The number of oxazole rings is 1. The number of ether oxygens (including phenoxy) is 2. The third kappa shape index (κ3) is 5.41. The lowest BCUT2D eigenvalue weighted by molar-refractivity contribution is -0.0563. The van der Waals surface area contributed by atoms with Gasteiger partial charge in [-0.25, -0.2) is 14.2 Å². The summed E-state index contributed by atoms with van der Waals surface area (Å²) in [5, 5.41) is 9.48. The van der Waals surface area contributed by atoms with Gasteiger partial charge in [0.15, 0.2) is 0 Å². The van der Waals surface area contributed by atoms with Gasteiger partial charge in [0.2, 0.25) is 5.89 Å². The second-order valence-electron chi connectivity index (χ2n) is 8.10. The second kappa shape index (κ2) is 10.1. The molecule has 0 spiro atoms. The number of hydrogen-bond donors (Lipinski definition) is 1. The van der Waals surface area contributed by atoms with Crippen LogP contribution in [0.25, 0.3) is 11.5 Å². The van der Waals surface area contributed by atoms with Crippen molar-refractivity contribution in [3.8, 4) is 11.5 Å². The lowest BCUT2D eigenvalue weighted by Crippen LogP contribution is -2.28. The van der Waals surface area contributed by atoms with Gasteiger partial charge in [0.1, 0.15) is 17.8 Å². The number of aromatic nitrogens is 1. The van der Waals surface area contributed by atoms with Crippen LogP contribution in [0.4, 0.5) is 4.39 Å². The molecule has 1 fully saturated rings. The highest BCUT2D eigenvalue weighted by molar-refractivity contribution is 5.91. The Balaban J connectivity index is 1.29. The van der Waals surface area contributed by atoms with Gasteiger partial charge in [-0.15, -0.1) is 0 Å². The van der Waals surface area contributed by atoms with Crippen molar-refractivity contribution in [1.29, 1.82) is 0 Å². The molecular formula is C25H26FNO5. The Morgan fingerprint density at radius 2 is 1.84 bits per heavy atom. The first-order chi connectivity index (χ1) is 15.5. The maximum absolute atomic E-state index is 13.1. The quantitative estimate of drug-likeness (QED) is 0.497. The smallest absolute Gasteiger partial charge is 0.336 e. The van der Waals surface area contributed by atoms with E-state index in [9.17, 15) is 14.3 Å². The summed E-state index contributed by atoms with van der Waals surface area (Å²) in [7, 11) is 0. The molecule has 2 unspecified atom stereocenters. The Kier molecular flexibility index (Phi) is 6.97. The molecule has 0 aliphatic heterocycles. The third-order valence-electron chi connectivity index (χ3n) is 5.74. The van der Waals surface area contributed by atoms with Gasteiger partial charge in [0, 0.05) is 5.56 Å². The Bertz CT molecular complexity index is 1060. The van der Waals surface area contributed by atoms with Crippen molar-refractivity contribution >= 4 is 5.97 Å². The number of aromatic carboxylic acids is 1. The Morgan fingerprint density at radius 3 is 2.56 bits per heavy atom. The number of carboxylic acid groups (broad SMARTS) is 1. The number of halogens is 1. The summed E-state index contributed by atoms with van der Waals surface area (Å²) in [5.74, 6) is -0.806. The summed E-state index contributed by atoms with van der Waals surface area (Å²) >= 11 is 0. The number of nitrogens with zero attached hydrogens (tertiary/aromatic N) is 1. The van der Waals surface area contributed by atoms with E-state index in [0.717, 1.165) is 31.2 Å². The van der Waals surface area contributed by atoms with Gasteiger partial charge in [0.05, 0.1) is 31.0 Å². The number of benzene rings is 2. The molecule has 2 aromatic carbocycles. The molecule has 0 radical (unpaired) electrons. The summed E-state index contributed by atoms with van der Waals surface area (Å²) in [6.07, 6.45) is 5.20. The molecule has 1 N–H and O–H groups in total. The topological polar surface area (TPSA) is 81.8 Å². The fraction of sp³-hybridized carbons (Fsp3) is 0.360. The van der Waals surface area contributed by atoms with Crippen LogP contribution in [-0.2, 0) is 22.7 Å². The van der Waals surface area contributed by atoms with Crippen LogP contribution in [0, 0.1) is 12.7 Å². The van der Waals surface area contributed by atoms with Crippen LogP contribution in [-0.4, -0.2) is 28.3 Å². The minimum Gasteiger partial charge on any atom is -0.478 e. The van der Waals surface area contributed by atoms with Gasteiger partial charge in [-0.05, 0) is 68.0 Å². The molecule has 168 valence electrons. The number of aryl methyl sites for hydroxylation is 1. The van der Waals surface area contributed by atoms with E-state index in [0.29, 0.717) is 34.9 Å². The molecule has 3 aromatic rings. The van der Waals surface area contributed by atoms with E-state index in [1.165, 1.54) is 12.1 Å². The monoisotopic (exact) mass is 439 g/mol. The third-order valence-corrected chi connectivity index (χ3v) is 5.74. The summed E-state index contributed by atoms with van der Waals surface area (Å²) in [5.41, 5.74) is 3.13. The molecule has 0 amide bonds. The zero-order chi connectivity index (χ0) is 22.5. The molecule has 1 saturated carbocycles. The molecule has 1 aliphatic rings. The Labute approximate surface area is 186 Å². The van der Waals surface area contributed by atoms with Crippen molar-refractivity contribution in [2.24, 2.45) is 0 Å². The van der Waals surface area contributed by atoms with Crippen LogP contribution in [0.5, 0.6) is 0 Å². The highest BCUT2D eigenvalue weighted by Gasteiger charge is 2.24. The van der Waals surface area contributed by atoms with Crippen molar-refractivity contribution in [2.45, 2.75) is 58.0 Å². The SMILES string of the molecule is Cc1cccc(COC2CCCC(OCc3coc(-c4ccc(F)cc4)n3)C2)c1C(=O)O. The van der Waals surface area contributed by atoms with Crippen molar-refractivity contribution in [1.82, 2.24) is 4.98 Å². The van der Waals surface area contributed by atoms with E-state index in [1.807, 2.05) is 6.07 Å². The number of carbonyl (C=O) groups is 1. The van der Waals surface area contributed by atoms with E-state index in [1.54, 1.807) is 37.5 Å². The number of carboxylic acids is 1. The first kappa shape index (κ1) is 22.2. The van der Waals surface area contributed by atoms with Crippen molar-refractivity contribution in [3.05, 3.63) is 76.9 Å². The van der Waals surface area contributed by atoms with Crippen LogP contribution in [0.1, 0.15) is 52.9 Å². The van der Waals surface area contributed by atoms with Crippen LogP contribution in [0.15, 0.2) is 53.1 Å². The van der Waals surface area contributed by atoms with Crippen molar-refractivity contribution < 1.29 is 28.2 Å². The summed E-state index contributed by atoms with van der Waals surface area (Å²) < 4.78 is 30.7. The lowest BCUT2D eigenvalue weighted by atomic mass is 9.94. The molecule has 0 saturated heterocycles. The standard InChI is InChI=1S/C25H26FNO5/c1-16-4-2-5-18(23(16)25(28)29)13-30-21-6-3-7-22(12-21)31-14-20-15-32-24(27-20)17-8-10-19(26)11-9-17/h2,4-5,8-11,15,21-22H,3,6-7,12-14H2,1H3,(H,28,29). The van der Waals surface area contributed by atoms with E-state index in [-0.39, 0.29) is 24.6 Å². The summed E-state index contributed by atoms with van der Waals surface area (Å²) in [4.78, 5) is 16.0. The first-order valence-corrected chi connectivity index (χ1v) is 10.7. The van der Waals surface area contributed by atoms with Gasteiger partial charge >= 0.3 is 5.97 Å². The van der Waals surface area contributed by atoms with Gasteiger partial charge < -0.3 is 19.0 Å². The highest BCUT2D eigenvalue weighted by Crippen LogP contribution is 2.27. The van der Waals surface area contributed by atoms with Gasteiger partial charge in [0.25, 0.3) is 0 Å². The van der Waals surface area contributed by atoms with Crippen LogP contribution >= 0.6 is 0 Å². The maximum atomic E-state index is 13.1. The predicted molar refractivity (Wildman–Crippen MR) is 116 cm³/mol. The van der Waals surface area contributed by atoms with E-state index < -0.39 is 5.97 Å². The van der Waals surface area contributed by atoms with Crippen LogP contribution in [0.2, 0.25) is 0 Å². The first-order valence-electron chi connectivity index (χ1n) is 10.7. The fourth-order valence-electron chi connectivity index (χ4n) is 4.07. The summed E-state index contributed by atoms with van der Waals surface area (Å²) in [6.45, 7) is 2.39. The fourth-order valence-corrected chi connectivity index (χ4v) is 4.07. The van der Waals surface area contributed by atoms with Gasteiger partial charge in [-0.2, -0.15) is 0 Å². The Hall–Kier alpha value is -3.03. The van der Waals surface area contributed by atoms with Gasteiger partial charge in [-0.3, -0.25) is 0 Å². The van der Waals surface area contributed by atoms with E-state index in [4.69, 9.17) is 13.9 Å². The molecule has 1 heterocycles. The minimum absolute atomic E-state index is 0.0167. The van der Waals surface area contributed by atoms with Crippen molar-refractivity contribution in [3.63, 3.8) is 0 Å². The van der Waals surface area contributed by atoms with Crippen LogP contribution < -0.4 is 0 Å². The molecule has 6 nitrogen and oxygen atoms in total. The molecule has 4 rings (SSSR count). The summed E-state index contributed by atoms with van der Waals surface area (Å²) in [6, 6.07) is 11.4. The lowest BCUT2D eigenvalue weighted by Gasteiger charge is -2.29. The zero-order valence-electron chi connectivity index (χ0n) is 17.9. The second-order valence-corrected chi connectivity index (χ2v) is 8.10. The molecule has 2 atom stereocenters. The van der Waals surface area contributed by atoms with Crippen LogP contribution in [0.3, 0.4) is 0 Å². The highest BCUT2D eigenvalue weighted by atomic mass is 19.1. The van der Waals surface area contributed by atoms with E-state index >= 15 is 0 Å². The van der Waals surface area contributed by atoms with Crippen molar-refractivity contribution in [2.75, 3.05) is 0 Å². The average Bonchev–Trinajstić information content (AvgIpc) is 3.26. The normalized spacial score (nSPS) is 18.6. The maximum Gasteiger partial charge on any atom is 0.336 e. The molecule has 1 aromatic heterocycles. The molecule has 32 heavy (non-hydrogen) atoms. The van der Waals surface area contributed by atoms with E-state index in [2.05, 4.69) is 4.98 Å². The zero-order valence-corrected chi connectivity index (χ0v) is 17.9. The minimum atomic E-state index is -0.931. The largest absolute Gasteiger partial charge is 0.478 e.